The summed E-state index contributed by atoms with van der Waals surface area (Å²) in [5.41, 5.74) is 2.05. The van der Waals surface area contributed by atoms with Gasteiger partial charge in [-0.15, -0.1) is 0 Å². The summed E-state index contributed by atoms with van der Waals surface area (Å²) >= 11 is 11.0. The van der Waals surface area contributed by atoms with E-state index in [0.717, 1.165) is 17.6 Å². The molecule has 0 aromatic carbocycles. The van der Waals surface area contributed by atoms with E-state index < -0.39 is 0 Å². The Hall–Kier alpha value is 0.0600. The molecule has 0 saturated heterocycles. The lowest BCUT2D eigenvalue weighted by atomic mass is 10.1. The monoisotopic (exact) mass is 164 g/mol. The van der Waals surface area contributed by atoms with Gasteiger partial charge in [0.25, 0.3) is 0 Å². The van der Waals surface area contributed by atoms with Crippen LogP contribution in [0.4, 0.5) is 0 Å². The second-order valence-electron chi connectivity index (χ2n) is 2.17. The van der Waals surface area contributed by atoms with Crippen LogP contribution < -0.4 is 0 Å². The molecule has 0 amide bonds. The quantitative estimate of drug-likeness (QED) is 0.547. The molecule has 0 bridgehead atoms. The maximum atomic E-state index is 5.48. The highest BCUT2D eigenvalue weighted by Crippen LogP contribution is 2.18. The van der Waals surface area contributed by atoms with Crippen LogP contribution in [-0.2, 0) is 0 Å². The molecule has 0 aliphatic heterocycles. The van der Waals surface area contributed by atoms with Crippen LogP contribution in [0.1, 0.15) is 20.3 Å². The molecule has 9 heavy (non-hydrogen) atoms. The van der Waals surface area contributed by atoms with E-state index in [1.54, 1.807) is 0 Å². The zero-order valence-corrected chi connectivity index (χ0v) is 7.18. The van der Waals surface area contributed by atoms with Crippen molar-refractivity contribution in [3.05, 3.63) is 22.2 Å². The van der Waals surface area contributed by atoms with Gasteiger partial charge in [-0.1, -0.05) is 35.4 Å². The minimum atomic E-state index is 0.359. The van der Waals surface area contributed by atoms with Gasteiger partial charge in [-0.3, -0.25) is 0 Å². The number of allylic oxidation sites excluding steroid dienone is 2. The Morgan fingerprint density at radius 1 is 1.33 bits per heavy atom. The first-order chi connectivity index (χ1) is 4.04. The Morgan fingerprint density at radius 2 is 1.78 bits per heavy atom. The molecular weight excluding hydrogens is 155 g/mol. The molecule has 0 saturated carbocycles. The number of rotatable bonds is 2. The minimum absolute atomic E-state index is 0.359. The van der Waals surface area contributed by atoms with E-state index in [4.69, 9.17) is 23.2 Å². The van der Waals surface area contributed by atoms with Crippen LogP contribution in [0.25, 0.3) is 0 Å². The molecule has 0 N–H and O–H groups in total. The second-order valence-corrected chi connectivity index (χ2v) is 3.12. The van der Waals surface area contributed by atoms with Crippen molar-refractivity contribution in [2.75, 3.05) is 0 Å². The molecule has 0 atom stereocenters. The van der Waals surface area contributed by atoms with Crippen LogP contribution in [-0.4, -0.2) is 0 Å². The van der Waals surface area contributed by atoms with E-state index in [1.165, 1.54) is 0 Å². The zero-order chi connectivity index (χ0) is 7.44. The summed E-state index contributed by atoms with van der Waals surface area (Å²) in [4.78, 5) is 0. The predicted octanol–water partition coefficient (Wildman–Crippen LogP) is 3.66. The normalized spacial score (nSPS) is 8.89. The smallest absolute Gasteiger partial charge is 0.0998 e. The van der Waals surface area contributed by atoms with Crippen molar-refractivity contribution in [2.45, 2.75) is 20.3 Å². The van der Waals surface area contributed by atoms with Crippen LogP contribution >= 0.6 is 23.2 Å². The lowest BCUT2D eigenvalue weighted by molar-refractivity contribution is 1.12. The zero-order valence-electron chi connectivity index (χ0n) is 5.67. The summed E-state index contributed by atoms with van der Waals surface area (Å²) in [5.74, 6) is 0. The second kappa shape index (κ2) is 3.97. The van der Waals surface area contributed by atoms with E-state index in [1.807, 2.05) is 13.8 Å². The predicted molar refractivity (Wildman–Crippen MR) is 43.8 cm³/mol. The summed E-state index contributed by atoms with van der Waals surface area (Å²) in [6.45, 7) is 7.56. The molecule has 0 unspecified atom stereocenters. The van der Waals surface area contributed by atoms with E-state index in [9.17, 15) is 0 Å². The summed E-state index contributed by atoms with van der Waals surface area (Å²) in [6, 6.07) is 0. The SMILES string of the molecule is C=C(C)CC(C)=C(Cl)Cl. The molecule has 2 heteroatoms. The highest BCUT2D eigenvalue weighted by Gasteiger charge is 1.94. The number of halogens is 2. The van der Waals surface area contributed by atoms with Crippen LogP contribution in [0.3, 0.4) is 0 Å². The molecule has 0 fully saturated rings. The summed E-state index contributed by atoms with van der Waals surface area (Å²) in [6.07, 6.45) is 0.794. The summed E-state index contributed by atoms with van der Waals surface area (Å²) in [7, 11) is 0. The number of hydrogen-bond acceptors (Lipinski definition) is 0. The lowest BCUT2D eigenvalue weighted by Crippen LogP contribution is -1.77. The first-order valence-corrected chi connectivity index (χ1v) is 3.44. The van der Waals surface area contributed by atoms with Crippen molar-refractivity contribution in [1.29, 1.82) is 0 Å². The van der Waals surface area contributed by atoms with Crippen molar-refractivity contribution < 1.29 is 0 Å². The first-order valence-electron chi connectivity index (χ1n) is 2.69. The Bertz CT molecular complexity index is 141. The molecule has 0 aromatic heterocycles. The highest BCUT2D eigenvalue weighted by molar-refractivity contribution is 6.56. The largest absolute Gasteiger partial charge is 0.106 e. The average molecular weight is 165 g/mol. The molecule has 0 aromatic rings. The molecule has 52 valence electrons. The topological polar surface area (TPSA) is 0 Å². The van der Waals surface area contributed by atoms with Gasteiger partial charge in [0.2, 0.25) is 0 Å². The maximum Gasteiger partial charge on any atom is 0.106 e. The summed E-state index contributed by atoms with van der Waals surface area (Å²) < 4.78 is 0.359. The van der Waals surface area contributed by atoms with Gasteiger partial charge in [0, 0.05) is 0 Å². The molecular formula is C7H10Cl2. The van der Waals surface area contributed by atoms with Crippen molar-refractivity contribution in [3.8, 4) is 0 Å². The third kappa shape index (κ3) is 4.56. The van der Waals surface area contributed by atoms with Crippen molar-refractivity contribution in [1.82, 2.24) is 0 Å². The lowest BCUT2D eigenvalue weighted by Gasteiger charge is -1.97. The highest BCUT2D eigenvalue weighted by atomic mass is 35.5. The van der Waals surface area contributed by atoms with E-state index >= 15 is 0 Å². The Kier molecular flexibility index (Phi) is 4.00. The van der Waals surface area contributed by atoms with Gasteiger partial charge < -0.3 is 0 Å². The van der Waals surface area contributed by atoms with Crippen molar-refractivity contribution in [3.63, 3.8) is 0 Å². The molecule has 0 heterocycles. The van der Waals surface area contributed by atoms with Gasteiger partial charge in [0.15, 0.2) is 0 Å². The third-order valence-corrected chi connectivity index (χ3v) is 1.53. The van der Waals surface area contributed by atoms with E-state index in [0.29, 0.717) is 4.49 Å². The van der Waals surface area contributed by atoms with Crippen LogP contribution in [0.5, 0.6) is 0 Å². The first kappa shape index (κ1) is 9.06. The van der Waals surface area contributed by atoms with Crippen LogP contribution in [0.2, 0.25) is 0 Å². The van der Waals surface area contributed by atoms with Gasteiger partial charge >= 0.3 is 0 Å². The van der Waals surface area contributed by atoms with Crippen molar-refractivity contribution in [2.24, 2.45) is 0 Å². The minimum Gasteiger partial charge on any atom is -0.0998 e. The molecule has 0 rings (SSSR count). The molecule has 0 aliphatic carbocycles. The van der Waals surface area contributed by atoms with Crippen LogP contribution in [0.15, 0.2) is 22.2 Å². The van der Waals surface area contributed by atoms with E-state index in [-0.39, 0.29) is 0 Å². The maximum absolute atomic E-state index is 5.48. The molecule has 0 radical (unpaired) electrons. The average Bonchev–Trinajstić information content (AvgIpc) is 1.63. The Morgan fingerprint density at radius 3 is 1.89 bits per heavy atom. The molecule has 0 nitrogen and oxygen atoms in total. The fourth-order valence-electron chi connectivity index (χ4n) is 0.519. The number of hydrogen-bond donors (Lipinski definition) is 0. The van der Waals surface area contributed by atoms with Gasteiger partial charge in [-0.2, -0.15) is 0 Å². The van der Waals surface area contributed by atoms with E-state index in [2.05, 4.69) is 6.58 Å². The van der Waals surface area contributed by atoms with Gasteiger partial charge in [0.1, 0.15) is 4.49 Å². The molecule has 0 aliphatic rings. The van der Waals surface area contributed by atoms with Crippen LogP contribution in [0, 0.1) is 0 Å². The van der Waals surface area contributed by atoms with Gasteiger partial charge in [0.05, 0.1) is 0 Å². The summed E-state index contributed by atoms with van der Waals surface area (Å²) in [5, 5.41) is 0. The van der Waals surface area contributed by atoms with Gasteiger partial charge in [-0.05, 0) is 25.8 Å². The molecule has 0 spiro atoms. The van der Waals surface area contributed by atoms with Gasteiger partial charge in [-0.25, -0.2) is 0 Å². The Labute approximate surface area is 66.2 Å². The standard InChI is InChI=1S/C7H10Cl2/c1-5(2)4-6(3)7(8)9/h1,4H2,2-3H3. The fourth-order valence-corrected chi connectivity index (χ4v) is 0.653. The Balaban J connectivity index is 3.92. The third-order valence-electron chi connectivity index (χ3n) is 0.890. The van der Waals surface area contributed by atoms with Crippen molar-refractivity contribution >= 4 is 23.2 Å². The fraction of sp³-hybridized carbons (Fsp3) is 0.429.